The number of carbonyl (C=O) groups excluding carboxylic acids is 1. The Morgan fingerprint density at radius 3 is 2.71 bits per heavy atom. The number of anilines is 1. The molecule has 2 rings (SSSR count). The van der Waals surface area contributed by atoms with E-state index in [9.17, 15) is 13.2 Å². The molecule has 0 saturated carbocycles. The number of sulfonamides is 1. The highest BCUT2D eigenvalue weighted by atomic mass is 32.2. The number of hydrogen-bond donors (Lipinski definition) is 3. The Balaban J connectivity index is 2.36. The summed E-state index contributed by atoms with van der Waals surface area (Å²) in [6.45, 7) is 3.48. The molecular weight excluding hydrogens is 296 g/mol. The number of imidazole rings is 1. The molecule has 0 bridgehead atoms. The van der Waals surface area contributed by atoms with Crippen LogP contribution in [0.2, 0.25) is 0 Å². The second-order valence-electron chi connectivity index (χ2n) is 4.66. The van der Waals surface area contributed by atoms with Gasteiger partial charge in [-0.05, 0) is 32.0 Å². The minimum atomic E-state index is -3.58. The highest BCUT2D eigenvalue weighted by molar-refractivity contribution is 7.89. The van der Waals surface area contributed by atoms with E-state index in [0.717, 1.165) is 0 Å². The van der Waals surface area contributed by atoms with Crippen LogP contribution in [-0.4, -0.2) is 37.6 Å². The van der Waals surface area contributed by atoms with E-state index in [-0.39, 0.29) is 16.9 Å². The van der Waals surface area contributed by atoms with Crippen LogP contribution in [0.15, 0.2) is 23.1 Å². The zero-order valence-electron chi connectivity index (χ0n) is 11.8. The summed E-state index contributed by atoms with van der Waals surface area (Å²) in [5.41, 5.74) is 1.03. The molecule has 21 heavy (non-hydrogen) atoms. The number of aromatic amines is 1. The maximum Gasteiger partial charge on any atom is 0.413 e. The molecule has 0 atom stereocenters. The standard InChI is InChI=1S/C12H16N4O4S/c1-7(2)16-21(18,19)8-4-5-9-10(6-8)14-11(13-9)15-12(17)20-3/h4-7,16H,1-3H3,(H2,13,14,15,17). The first-order valence-corrected chi connectivity index (χ1v) is 7.67. The molecular formula is C12H16N4O4S. The van der Waals surface area contributed by atoms with Gasteiger partial charge in [0.2, 0.25) is 16.0 Å². The topological polar surface area (TPSA) is 113 Å². The molecule has 1 amide bonds. The average molecular weight is 312 g/mol. The molecule has 8 nitrogen and oxygen atoms in total. The number of rotatable bonds is 4. The van der Waals surface area contributed by atoms with Crippen molar-refractivity contribution in [3.63, 3.8) is 0 Å². The van der Waals surface area contributed by atoms with E-state index in [2.05, 4.69) is 24.7 Å². The van der Waals surface area contributed by atoms with E-state index >= 15 is 0 Å². The van der Waals surface area contributed by atoms with Crippen LogP contribution in [0.1, 0.15) is 13.8 Å². The minimum Gasteiger partial charge on any atom is -0.453 e. The molecule has 0 saturated heterocycles. The monoisotopic (exact) mass is 312 g/mol. The number of ether oxygens (including phenoxy) is 1. The van der Waals surface area contributed by atoms with Gasteiger partial charge in [-0.2, -0.15) is 0 Å². The maximum atomic E-state index is 12.1. The Morgan fingerprint density at radius 2 is 2.10 bits per heavy atom. The Hall–Kier alpha value is -2.13. The van der Waals surface area contributed by atoms with Gasteiger partial charge >= 0.3 is 6.09 Å². The van der Waals surface area contributed by atoms with E-state index in [1.807, 2.05) is 0 Å². The number of benzene rings is 1. The molecule has 0 aliphatic rings. The van der Waals surface area contributed by atoms with E-state index in [1.54, 1.807) is 19.9 Å². The number of amides is 1. The summed E-state index contributed by atoms with van der Waals surface area (Å²) >= 11 is 0. The van der Waals surface area contributed by atoms with Gasteiger partial charge in [-0.25, -0.2) is 22.9 Å². The van der Waals surface area contributed by atoms with E-state index in [4.69, 9.17) is 0 Å². The molecule has 9 heteroatoms. The lowest BCUT2D eigenvalue weighted by molar-refractivity contribution is 0.186. The summed E-state index contributed by atoms with van der Waals surface area (Å²) in [4.78, 5) is 18.1. The molecule has 0 aliphatic heterocycles. The Bertz CT molecular complexity index is 767. The van der Waals surface area contributed by atoms with Gasteiger partial charge in [0, 0.05) is 6.04 Å². The molecule has 1 aromatic heterocycles. The largest absolute Gasteiger partial charge is 0.453 e. The van der Waals surface area contributed by atoms with Gasteiger partial charge in [-0.3, -0.25) is 5.32 Å². The quantitative estimate of drug-likeness (QED) is 0.790. The summed E-state index contributed by atoms with van der Waals surface area (Å²) in [7, 11) is -2.34. The van der Waals surface area contributed by atoms with Crippen molar-refractivity contribution < 1.29 is 17.9 Å². The molecule has 3 N–H and O–H groups in total. The summed E-state index contributed by atoms with van der Waals surface area (Å²) in [6, 6.07) is 4.26. The smallest absolute Gasteiger partial charge is 0.413 e. The number of aromatic nitrogens is 2. The maximum absolute atomic E-state index is 12.1. The second kappa shape index (κ2) is 5.70. The minimum absolute atomic E-state index is 0.122. The Labute approximate surface area is 122 Å². The van der Waals surface area contributed by atoms with Crippen molar-refractivity contribution in [2.24, 2.45) is 0 Å². The SMILES string of the molecule is COC(=O)Nc1nc2ccc(S(=O)(=O)NC(C)C)cc2[nH]1. The summed E-state index contributed by atoms with van der Waals surface area (Å²) in [5, 5.41) is 2.38. The fourth-order valence-corrected chi connectivity index (χ4v) is 3.02. The van der Waals surface area contributed by atoms with Crippen LogP contribution in [0.3, 0.4) is 0 Å². The van der Waals surface area contributed by atoms with Crippen molar-refractivity contribution in [3.05, 3.63) is 18.2 Å². The van der Waals surface area contributed by atoms with Gasteiger partial charge in [0.1, 0.15) is 0 Å². The van der Waals surface area contributed by atoms with Gasteiger partial charge in [0.15, 0.2) is 0 Å². The van der Waals surface area contributed by atoms with Crippen molar-refractivity contribution >= 4 is 33.1 Å². The Morgan fingerprint density at radius 1 is 1.38 bits per heavy atom. The molecule has 2 aromatic rings. The zero-order valence-corrected chi connectivity index (χ0v) is 12.6. The molecule has 0 radical (unpaired) electrons. The summed E-state index contributed by atoms with van der Waals surface area (Å²) in [5.74, 6) is 0.184. The van der Waals surface area contributed by atoms with Crippen LogP contribution in [0.4, 0.5) is 10.7 Å². The molecule has 0 spiro atoms. The lowest BCUT2D eigenvalue weighted by Gasteiger charge is -2.09. The molecule has 1 aromatic carbocycles. The molecule has 0 aliphatic carbocycles. The lowest BCUT2D eigenvalue weighted by Crippen LogP contribution is -2.30. The number of fused-ring (bicyclic) bond motifs is 1. The first-order valence-electron chi connectivity index (χ1n) is 6.19. The summed E-state index contributed by atoms with van der Waals surface area (Å²) in [6.07, 6.45) is -0.664. The lowest BCUT2D eigenvalue weighted by atomic mass is 10.3. The molecule has 114 valence electrons. The van der Waals surface area contributed by atoms with Crippen LogP contribution in [0, 0.1) is 0 Å². The van der Waals surface area contributed by atoms with Crippen molar-refractivity contribution in [3.8, 4) is 0 Å². The molecule has 1 heterocycles. The van der Waals surface area contributed by atoms with E-state index in [0.29, 0.717) is 11.0 Å². The van der Waals surface area contributed by atoms with Gasteiger partial charge in [0.05, 0.1) is 23.0 Å². The van der Waals surface area contributed by atoms with Gasteiger partial charge in [-0.15, -0.1) is 0 Å². The van der Waals surface area contributed by atoms with Crippen molar-refractivity contribution in [1.82, 2.24) is 14.7 Å². The predicted octanol–water partition coefficient (Wildman–Crippen LogP) is 1.43. The third-order valence-electron chi connectivity index (χ3n) is 2.56. The van der Waals surface area contributed by atoms with E-state index in [1.165, 1.54) is 19.2 Å². The van der Waals surface area contributed by atoms with Gasteiger partial charge < -0.3 is 9.72 Å². The number of methoxy groups -OCH3 is 1. The fourth-order valence-electron chi connectivity index (χ4n) is 1.74. The normalized spacial score (nSPS) is 11.8. The Kier molecular flexibility index (Phi) is 4.14. The van der Waals surface area contributed by atoms with Crippen LogP contribution in [-0.2, 0) is 14.8 Å². The molecule has 0 unspecified atom stereocenters. The highest BCUT2D eigenvalue weighted by Gasteiger charge is 2.17. The second-order valence-corrected chi connectivity index (χ2v) is 6.37. The molecule has 0 fully saturated rings. The van der Waals surface area contributed by atoms with Crippen molar-refractivity contribution in [2.45, 2.75) is 24.8 Å². The number of carbonyl (C=O) groups is 1. The fraction of sp³-hybridized carbons (Fsp3) is 0.333. The number of nitrogens with one attached hydrogen (secondary N) is 3. The number of H-pyrrole nitrogens is 1. The number of nitrogens with zero attached hydrogens (tertiary/aromatic N) is 1. The first-order chi connectivity index (χ1) is 9.81. The van der Waals surface area contributed by atoms with Crippen LogP contribution < -0.4 is 10.0 Å². The van der Waals surface area contributed by atoms with Crippen LogP contribution in [0.25, 0.3) is 11.0 Å². The third-order valence-corrected chi connectivity index (χ3v) is 4.22. The zero-order chi connectivity index (χ0) is 15.6. The van der Waals surface area contributed by atoms with Gasteiger partial charge in [0.25, 0.3) is 0 Å². The summed E-state index contributed by atoms with van der Waals surface area (Å²) < 4.78 is 31.1. The van der Waals surface area contributed by atoms with Crippen LogP contribution >= 0.6 is 0 Å². The number of hydrogen-bond acceptors (Lipinski definition) is 5. The third kappa shape index (κ3) is 3.50. The van der Waals surface area contributed by atoms with Crippen molar-refractivity contribution in [1.29, 1.82) is 0 Å². The van der Waals surface area contributed by atoms with Gasteiger partial charge in [-0.1, -0.05) is 0 Å². The average Bonchev–Trinajstić information content (AvgIpc) is 2.78. The van der Waals surface area contributed by atoms with Crippen LogP contribution in [0.5, 0.6) is 0 Å². The highest BCUT2D eigenvalue weighted by Crippen LogP contribution is 2.19. The first kappa shape index (κ1) is 15.3. The van der Waals surface area contributed by atoms with Crippen molar-refractivity contribution in [2.75, 3.05) is 12.4 Å². The van der Waals surface area contributed by atoms with E-state index < -0.39 is 16.1 Å². The predicted molar refractivity (Wildman–Crippen MR) is 77.6 cm³/mol.